The van der Waals surface area contributed by atoms with Crippen LogP contribution in [0.4, 0.5) is 0 Å². The summed E-state index contributed by atoms with van der Waals surface area (Å²) in [6.45, 7) is 4.46. The van der Waals surface area contributed by atoms with Crippen molar-refractivity contribution < 1.29 is 0 Å². The lowest BCUT2D eigenvalue weighted by atomic mass is 10.2. The van der Waals surface area contributed by atoms with Crippen LogP contribution in [-0.2, 0) is 12.8 Å². The Labute approximate surface area is 106 Å². The van der Waals surface area contributed by atoms with E-state index in [2.05, 4.69) is 62.4 Å². The summed E-state index contributed by atoms with van der Waals surface area (Å²) in [5.41, 5.74) is 2.97. The highest BCUT2D eigenvalue weighted by molar-refractivity contribution is 7.55. The molecule has 0 atom stereocenters. The molecule has 0 fully saturated rings. The van der Waals surface area contributed by atoms with Crippen LogP contribution in [0.15, 0.2) is 48.5 Å². The molecule has 0 radical (unpaired) electrons. The second kappa shape index (κ2) is 5.98. The molecule has 88 valence electrons. The summed E-state index contributed by atoms with van der Waals surface area (Å²) >= 11 is 0. The van der Waals surface area contributed by atoms with Crippen molar-refractivity contribution in [2.75, 3.05) is 0 Å². The summed E-state index contributed by atoms with van der Waals surface area (Å²) in [5.74, 6) is 0. The number of benzene rings is 2. The molecule has 0 aromatic heterocycles. The largest absolute Gasteiger partial charge is 0.0619 e. The van der Waals surface area contributed by atoms with Gasteiger partial charge in [0.2, 0.25) is 0 Å². The molecule has 1 heteroatoms. The van der Waals surface area contributed by atoms with Gasteiger partial charge in [0.25, 0.3) is 0 Å². The highest BCUT2D eigenvalue weighted by Gasteiger charge is 2.04. The summed E-state index contributed by atoms with van der Waals surface area (Å²) in [7, 11) is 0.788. The molecular weight excluding hydrogens is 223 g/mol. The molecule has 17 heavy (non-hydrogen) atoms. The van der Waals surface area contributed by atoms with Gasteiger partial charge in [-0.1, -0.05) is 71.0 Å². The second-order valence-corrected chi connectivity index (χ2v) is 5.47. The summed E-state index contributed by atoms with van der Waals surface area (Å²) < 4.78 is 0. The number of hydrogen-bond donors (Lipinski definition) is 0. The van der Waals surface area contributed by atoms with E-state index >= 15 is 0 Å². The van der Waals surface area contributed by atoms with Crippen molar-refractivity contribution in [1.82, 2.24) is 0 Å². The zero-order chi connectivity index (χ0) is 12.1. The smallest absolute Gasteiger partial charge is 0.0194 e. The van der Waals surface area contributed by atoms with E-state index in [1.807, 2.05) is 0 Å². The maximum absolute atomic E-state index is 2.27. The normalized spacial score (nSPS) is 10.5. The van der Waals surface area contributed by atoms with Crippen molar-refractivity contribution in [2.24, 2.45) is 0 Å². The molecular formula is C16H19P. The summed E-state index contributed by atoms with van der Waals surface area (Å²) in [5, 5.41) is 2.99. The monoisotopic (exact) mass is 242 g/mol. The zero-order valence-electron chi connectivity index (χ0n) is 10.5. The molecule has 0 saturated heterocycles. The van der Waals surface area contributed by atoms with Crippen LogP contribution in [0.2, 0.25) is 0 Å². The van der Waals surface area contributed by atoms with Gasteiger partial charge < -0.3 is 0 Å². The minimum absolute atomic E-state index is 0.788. The Morgan fingerprint density at radius 2 is 1.12 bits per heavy atom. The molecule has 0 aliphatic heterocycles. The molecule has 0 bridgehead atoms. The van der Waals surface area contributed by atoms with E-state index in [4.69, 9.17) is 0 Å². The molecule has 0 aliphatic carbocycles. The Bertz CT molecular complexity index is 443. The Hall–Kier alpha value is -1.13. The maximum atomic E-state index is 2.27. The first-order valence-electron chi connectivity index (χ1n) is 6.28. The Balaban J connectivity index is 2.31. The predicted molar refractivity (Wildman–Crippen MR) is 79.2 cm³/mol. The van der Waals surface area contributed by atoms with Crippen molar-refractivity contribution in [3.8, 4) is 0 Å². The Kier molecular flexibility index (Phi) is 4.34. The highest BCUT2D eigenvalue weighted by atomic mass is 31.1. The Morgan fingerprint density at radius 1 is 0.706 bits per heavy atom. The average molecular weight is 242 g/mol. The number of aryl methyl sites for hydroxylation is 2. The standard InChI is InChI=1S/C16H19P/c1-3-13-9-5-7-11-15(13)17-16-12-8-6-10-14(16)4-2/h5-12,17H,3-4H2,1-2H3. The zero-order valence-corrected chi connectivity index (χ0v) is 11.5. The van der Waals surface area contributed by atoms with E-state index in [1.165, 1.54) is 21.7 Å². The lowest BCUT2D eigenvalue weighted by molar-refractivity contribution is 1.15. The molecule has 0 spiro atoms. The quantitative estimate of drug-likeness (QED) is 0.720. The van der Waals surface area contributed by atoms with Crippen LogP contribution in [0, 0.1) is 0 Å². The van der Waals surface area contributed by atoms with Gasteiger partial charge in [-0.25, -0.2) is 0 Å². The van der Waals surface area contributed by atoms with E-state index < -0.39 is 0 Å². The average Bonchev–Trinajstić information content (AvgIpc) is 2.40. The molecule has 0 amide bonds. The van der Waals surface area contributed by atoms with E-state index in [1.54, 1.807) is 0 Å². The van der Waals surface area contributed by atoms with Gasteiger partial charge in [0.05, 0.1) is 0 Å². The predicted octanol–water partition coefficient (Wildman–Crippen LogP) is 3.44. The summed E-state index contributed by atoms with van der Waals surface area (Å²) in [6, 6.07) is 17.6. The van der Waals surface area contributed by atoms with E-state index in [-0.39, 0.29) is 0 Å². The fourth-order valence-corrected chi connectivity index (χ4v) is 3.54. The lowest BCUT2D eigenvalue weighted by Crippen LogP contribution is -2.11. The van der Waals surface area contributed by atoms with Crippen molar-refractivity contribution in [2.45, 2.75) is 26.7 Å². The number of hydrogen-bond acceptors (Lipinski definition) is 0. The molecule has 0 nitrogen and oxygen atoms in total. The van der Waals surface area contributed by atoms with Gasteiger partial charge >= 0.3 is 0 Å². The van der Waals surface area contributed by atoms with Crippen LogP contribution in [0.1, 0.15) is 25.0 Å². The second-order valence-electron chi connectivity index (χ2n) is 4.15. The van der Waals surface area contributed by atoms with Crippen LogP contribution in [0.5, 0.6) is 0 Å². The molecule has 0 N–H and O–H groups in total. The fourth-order valence-electron chi connectivity index (χ4n) is 2.05. The van der Waals surface area contributed by atoms with Crippen LogP contribution < -0.4 is 10.6 Å². The van der Waals surface area contributed by atoms with Gasteiger partial charge in [-0.2, -0.15) is 0 Å². The minimum Gasteiger partial charge on any atom is -0.0619 e. The van der Waals surface area contributed by atoms with Crippen LogP contribution in [0.3, 0.4) is 0 Å². The fraction of sp³-hybridized carbons (Fsp3) is 0.250. The van der Waals surface area contributed by atoms with Crippen LogP contribution in [-0.4, -0.2) is 0 Å². The van der Waals surface area contributed by atoms with E-state index in [0.717, 1.165) is 21.4 Å². The first-order chi connectivity index (χ1) is 8.35. The maximum Gasteiger partial charge on any atom is -0.0194 e. The van der Waals surface area contributed by atoms with Crippen molar-refractivity contribution in [3.63, 3.8) is 0 Å². The van der Waals surface area contributed by atoms with Gasteiger partial charge in [-0.3, -0.25) is 0 Å². The van der Waals surface area contributed by atoms with Crippen molar-refractivity contribution in [1.29, 1.82) is 0 Å². The summed E-state index contributed by atoms with van der Waals surface area (Å²) in [4.78, 5) is 0. The van der Waals surface area contributed by atoms with Gasteiger partial charge in [0.1, 0.15) is 0 Å². The van der Waals surface area contributed by atoms with Gasteiger partial charge in [0.15, 0.2) is 0 Å². The van der Waals surface area contributed by atoms with Crippen LogP contribution in [0.25, 0.3) is 0 Å². The number of rotatable bonds is 4. The first-order valence-corrected chi connectivity index (χ1v) is 7.28. The molecule has 0 heterocycles. The van der Waals surface area contributed by atoms with E-state index in [9.17, 15) is 0 Å². The molecule has 0 unspecified atom stereocenters. The summed E-state index contributed by atoms with van der Waals surface area (Å²) in [6.07, 6.45) is 2.24. The van der Waals surface area contributed by atoms with E-state index in [0.29, 0.717) is 0 Å². The first kappa shape index (κ1) is 12.3. The third-order valence-electron chi connectivity index (χ3n) is 3.07. The minimum atomic E-state index is 0.788. The van der Waals surface area contributed by atoms with Gasteiger partial charge in [0, 0.05) is 0 Å². The SMILES string of the molecule is CCc1ccccc1Pc1ccccc1CC. The van der Waals surface area contributed by atoms with Gasteiger partial charge in [-0.05, 0) is 34.6 Å². The van der Waals surface area contributed by atoms with Crippen LogP contribution >= 0.6 is 8.58 Å². The van der Waals surface area contributed by atoms with Crippen molar-refractivity contribution in [3.05, 3.63) is 59.7 Å². The molecule has 0 saturated carbocycles. The third kappa shape index (κ3) is 2.96. The molecule has 2 rings (SSSR count). The third-order valence-corrected chi connectivity index (χ3v) is 4.58. The van der Waals surface area contributed by atoms with Gasteiger partial charge in [-0.15, -0.1) is 0 Å². The topological polar surface area (TPSA) is 0 Å². The molecule has 0 aliphatic rings. The Morgan fingerprint density at radius 3 is 1.53 bits per heavy atom. The highest BCUT2D eigenvalue weighted by Crippen LogP contribution is 2.16. The van der Waals surface area contributed by atoms with Crippen molar-refractivity contribution >= 4 is 19.2 Å². The lowest BCUT2D eigenvalue weighted by Gasteiger charge is -2.11. The molecule has 2 aromatic rings. The molecule has 2 aromatic carbocycles.